The van der Waals surface area contributed by atoms with Gasteiger partial charge in [-0.3, -0.25) is 14.4 Å². The van der Waals surface area contributed by atoms with Crippen LogP contribution in [0.25, 0.3) is 0 Å². The summed E-state index contributed by atoms with van der Waals surface area (Å²) in [6, 6.07) is 13.9. The highest BCUT2D eigenvalue weighted by Crippen LogP contribution is 2.15. The number of likely N-dealkylation sites (N-methyl/N-ethyl adjacent to an activating group) is 1. The highest BCUT2D eigenvalue weighted by molar-refractivity contribution is 6.02. The molecule has 0 aromatic heterocycles. The summed E-state index contributed by atoms with van der Waals surface area (Å²) in [4.78, 5) is 38.6. The number of rotatable bonds is 7. The van der Waals surface area contributed by atoms with Gasteiger partial charge >= 0.3 is 0 Å². The van der Waals surface area contributed by atoms with Crippen molar-refractivity contribution in [2.24, 2.45) is 0 Å². The monoisotopic (exact) mass is 351 g/mol. The number of amides is 1. The van der Waals surface area contributed by atoms with Crippen LogP contribution in [0.1, 0.15) is 51.6 Å². The molecule has 4 nitrogen and oxygen atoms in total. The van der Waals surface area contributed by atoms with Gasteiger partial charge in [0.05, 0.1) is 6.04 Å². The highest BCUT2D eigenvalue weighted by atomic mass is 16.2. The first-order valence-electron chi connectivity index (χ1n) is 8.76. The average Bonchev–Trinajstić information content (AvgIpc) is 2.66. The van der Waals surface area contributed by atoms with Crippen LogP contribution in [0.15, 0.2) is 48.5 Å². The fourth-order valence-electron chi connectivity index (χ4n) is 2.69. The molecule has 0 N–H and O–H groups in total. The van der Waals surface area contributed by atoms with Gasteiger partial charge in [-0.2, -0.15) is 0 Å². The highest BCUT2D eigenvalue weighted by Gasteiger charge is 2.24. The van der Waals surface area contributed by atoms with Gasteiger partial charge < -0.3 is 4.90 Å². The summed E-state index contributed by atoms with van der Waals surface area (Å²) in [6.07, 6.45) is 0.229. The van der Waals surface area contributed by atoms with E-state index >= 15 is 0 Å². The van der Waals surface area contributed by atoms with Gasteiger partial charge in [0.15, 0.2) is 11.6 Å². The van der Waals surface area contributed by atoms with Crippen molar-refractivity contribution in [2.75, 3.05) is 7.05 Å². The first-order valence-corrected chi connectivity index (χ1v) is 8.76. The summed E-state index contributed by atoms with van der Waals surface area (Å²) >= 11 is 0. The molecule has 0 heterocycles. The number of hydrogen-bond donors (Lipinski definition) is 0. The topological polar surface area (TPSA) is 54.5 Å². The third-order valence-corrected chi connectivity index (χ3v) is 4.81. The van der Waals surface area contributed by atoms with E-state index in [1.807, 2.05) is 32.0 Å². The fraction of sp³-hybridized carbons (Fsp3) is 0.318. The molecule has 0 bridgehead atoms. The minimum absolute atomic E-state index is 0.0690. The van der Waals surface area contributed by atoms with Crippen LogP contribution in [0.3, 0.4) is 0 Å². The van der Waals surface area contributed by atoms with Crippen molar-refractivity contribution < 1.29 is 14.4 Å². The molecular weight excluding hydrogens is 326 g/mol. The van der Waals surface area contributed by atoms with Crippen molar-refractivity contribution in [1.29, 1.82) is 0 Å². The second-order valence-electron chi connectivity index (χ2n) is 6.63. The lowest BCUT2D eigenvalue weighted by molar-refractivity contribution is -0.130. The molecule has 0 saturated heterocycles. The van der Waals surface area contributed by atoms with Crippen LogP contribution >= 0.6 is 0 Å². The Morgan fingerprint density at radius 3 is 2.15 bits per heavy atom. The number of carbonyl (C=O) groups excluding carboxylic acids is 3. The van der Waals surface area contributed by atoms with Crippen molar-refractivity contribution in [2.45, 2.75) is 39.7 Å². The second-order valence-corrected chi connectivity index (χ2v) is 6.63. The van der Waals surface area contributed by atoms with Gasteiger partial charge in [0.2, 0.25) is 5.91 Å². The van der Waals surface area contributed by atoms with Crippen molar-refractivity contribution in [3.63, 3.8) is 0 Å². The molecule has 4 heteroatoms. The first kappa shape index (κ1) is 19.6. The quantitative estimate of drug-likeness (QED) is 0.709. The lowest BCUT2D eigenvalue weighted by atomic mass is 9.99. The summed E-state index contributed by atoms with van der Waals surface area (Å²) < 4.78 is 0. The van der Waals surface area contributed by atoms with E-state index < -0.39 is 6.04 Å². The summed E-state index contributed by atoms with van der Waals surface area (Å²) in [5.74, 6) is -0.377. The molecule has 2 aromatic carbocycles. The molecular formula is C22H25NO3. The maximum Gasteiger partial charge on any atom is 0.223 e. The van der Waals surface area contributed by atoms with Crippen LogP contribution < -0.4 is 0 Å². The molecule has 0 saturated carbocycles. The molecule has 1 amide bonds. The molecule has 1 atom stereocenters. The third-order valence-electron chi connectivity index (χ3n) is 4.81. The van der Waals surface area contributed by atoms with Gasteiger partial charge in [-0.1, -0.05) is 42.5 Å². The van der Waals surface area contributed by atoms with Gasteiger partial charge in [-0.15, -0.1) is 0 Å². The van der Waals surface area contributed by atoms with Crippen LogP contribution in [0.5, 0.6) is 0 Å². The normalized spacial score (nSPS) is 11.7. The number of Topliss-reactive ketones (excluding diaryl/α,β-unsaturated/α-hetero) is 2. The molecule has 26 heavy (non-hydrogen) atoms. The van der Waals surface area contributed by atoms with Crippen molar-refractivity contribution in [3.05, 3.63) is 70.8 Å². The molecule has 0 aliphatic heterocycles. The van der Waals surface area contributed by atoms with Crippen LogP contribution in [0.2, 0.25) is 0 Å². The number of carbonyl (C=O) groups is 3. The fourth-order valence-corrected chi connectivity index (χ4v) is 2.69. The number of ketones is 2. The Labute approximate surface area is 154 Å². The third kappa shape index (κ3) is 4.66. The Hall–Kier alpha value is -2.75. The lowest BCUT2D eigenvalue weighted by Crippen LogP contribution is -2.40. The molecule has 2 aromatic rings. The SMILES string of the molecule is Cc1ccc(C(=O)C(C)N(C)C(=O)CCC(=O)c2ccccc2)cc1C. The zero-order valence-electron chi connectivity index (χ0n) is 15.8. The Kier molecular flexibility index (Phi) is 6.45. The van der Waals surface area contributed by atoms with E-state index in [0.29, 0.717) is 11.1 Å². The molecule has 0 spiro atoms. The van der Waals surface area contributed by atoms with Crippen LogP contribution in [-0.2, 0) is 4.79 Å². The number of benzene rings is 2. The largest absolute Gasteiger partial charge is 0.336 e. The van der Waals surface area contributed by atoms with E-state index in [-0.39, 0.29) is 30.3 Å². The van der Waals surface area contributed by atoms with E-state index in [4.69, 9.17) is 0 Å². The van der Waals surface area contributed by atoms with E-state index in [0.717, 1.165) is 11.1 Å². The first-order chi connectivity index (χ1) is 12.3. The minimum Gasteiger partial charge on any atom is -0.336 e. The number of hydrogen-bond acceptors (Lipinski definition) is 3. The summed E-state index contributed by atoms with van der Waals surface area (Å²) in [5.41, 5.74) is 3.37. The maximum absolute atomic E-state index is 12.7. The summed E-state index contributed by atoms with van der Waals surface area (Å²) in [7, 11) is 1.61. The zero-order valence-corrected chi connectivity index (χ0v) is 15.8. The van der Waals surface area contributed by atoms with E-state index in [1.165, 1.54) is 4.90 Å². The van der Waals surface area contributed by atoms with Crippen LogP contribution in [0.4, 0.5) is 0 Å². The van der Waals surface area contributed by atoms with Crippen LogP contribution in [0, 0.1) is 13.8 Å². The van der Waals surface area contributed by atoms with Gasteiger partial charge in [-0.05, 0) is 38.0 Å². The number of nitrogens with zero attached hydrogens (tertiary/aromatic N) is 1. The van der Waals surface area contributed by atoms with E-state index in [2.05, 4.69) is 0 Å². The minimum atomic E-state index is -0.573. The summed E-state index contributed by atoms with van der Waals surface area (Å²) in [5, 5.41) is 0. The molecule has 136 valence electrons. The van der Waals surface area contributed by atoms with Gasteiger partial charge in [0.25, 0.3) is 0 Å². The molecule has 0 aliphatic carbocycles. The Morgan fingerprint density at radius 1 is 0.885 bits per heavy atom. The number of aryl methyl sites for hydroxylation is 2. The van der Waals surface area contributed by atoms with E-state index in [9.17, 15) is 14.4 Å². The predicted octanol–water partition coefficient (Wildman–Crippen LogP) is 4.00. The molecule has 0 radical (unpaired) electrons. The lowest BCUT2D eigenvalue weighted by Gasteiger charge is -2.24. The van der Waals surface area contributed by atoms with Gasteiger partial charge in [0.1, 0.15) is 0 Å². The van der Waals surface area contributed by atoms with Gasteiger partial charge in [-0.25, -0.2) is 0 Å². The molecule has 2 rings (SSSR count). The predicted molar refractivity (Wildman–Crippen MR) is 102 cm³/mol. The van der Waals surface area contributed by atoms with Crippen molar-refractivity contribution in [1.82, 2.24) is 4.90 Å². The Morgan fingerprint density at radius 2 is 1.54 bits per heavy atom. The Bertz CT molecular complexity index is 811. The van der Waals surface area contributed by atoms with Crippen LogP contribution in [-0.4, -0.2) is 35.5 Å². The molecule has 0 fully saturated rings. The van der Waals surface area contributed by atoms with Crippen molar-refractivity contribution >= 4 is 17.5 Å². The van der Waals surface area contributed by atoms with Crippen molar-refractivity contribution in [3.8, 4) is 0 Å². The van der Waals surface area contributed by atoms with Gasteiger partial charge in [0, 0.05) is 31.0 Å². The molecule has 1 unspecified atom stereocenters. The second kappa shape index (κ2) is 8.56. The average molecular weight is 351 g/mol. The van der Waals surface area contributed by atoms with E-state index in [1.54, 1.807) is 44.3 Å². The Balaban J connectivity index is 1.97. The molecule has 0 aliphatic rings. The summed E-state index contributed by atoms with van der Waals surface area (Å²) in [6.45, 7) is 5.67. The maximum atomic E-state index is 12.7. The smallest absolute Gasteiger partial charge is 0.223 e. The standard InChI is InChI=1S/C22H25NO3/c1-15-10-11-19(14-16(15)2)22(26)17(3)23(4)21(25)13-12-20(24)18-8-6-5-7-9-18/h5-11,14,17H,12-13H2,1-4H3. The zero-order chi connectivity index (χ0) is 19.3.